The van der Waals surface area contributed by atoms with E-state index in [0.29, 0.717) is 5.56 Å². The highest BCUT2D eigenvalue weighted by molar-refractivity contribution is 6.05. The second-order valence-electron chi connectivity index (χ2n) is 7.95. The van der Waals surface area contributed by atoms with Crippen molar-refractivity contribution in [1.29, 1.82) is 0 Å². The van der Waals surface area contributed by atoms with E-state index < -0.39 is 43.5 Å². The normalized spacial score (nSPS) is 11.0. The van der Waals surface area contributed by atoms with Gasteiger partial charge in [0.25, 0.3) is 17.7 Å². The van der Waals surface area contributed by atoms with Crippen LogP contribution in [0.1, 0.15) is 47.1 Å². The number of carbonyl (C=O) groups excluding carboxylic acids is 4. The molecule has 0 aromatic heterocycles. The van der Waals surface area contributed by atoms with Gasteiger partial charge in [-0.05, 0) is 47.4 Å². The zero-order valence-corrected chi connectivity index (χ0v) is 18.3. The average molecular weight is 462 g/mol. The maximum absolute atomic E-state index is 12.1. The summed E-state index contributed by atoms with van der Waals surface area (Å²) in [4.78, 5) is 47.7. The van der Waals surface area contributed by atoms with Crippen LogP contribution in [0.15, 0.2) is 48.5 Å². The van der Waals surface area contributed by atoms with Crippen LogP contribution in [0, 0.1) is 0 Å². The monoisotopic (exact) mass is 462 g/mol. The number of ether oxygens (including phenoxy) is 2. The predicted octanol–water partition coefficient (Wildman–Crippen LogP) is 2.82. The summed E-state index contributed by atoms with van der Waals surface area (Å²) in [6.45, 7) is 1.93. The molecule has 0 unspecified atom stereocenters. The molecule has 0 atom stereocenters. The molecule has 0 saturated carbocycles. The van der Waals surface area contributed by atoms with Gasteiger partial charge in [-0.25, -0.2) is 0 Å². The van der Waals surface area contributed by atoms with Gasteiger partial charge in [0.05, 0.1) is 0 Å². The molecular formula is C23H24F2N2O6. The number of rotatable bonds is 8. The quantitative estimate of drug-likeness (QED) is 0.584. The van der Waals surface area contributed by atoms with Gasteiger partial charge >= 0.3 is 12.6 Å². The van der Waals surface area contributed by atoms with Crippen LogP contribution >= 0.6 is 0 Å². The first-order valence-electron chi connectivity index (χ1n) is 9.89. The van der Waals surface area contributed by atoms with Gasteiger partial charge in [0.2, 0.25) is 0 Å². The van der Waals surface area contributed by atoms with Gasteiger partial charge in [0.1, 0.15) is 12.3 Å². The van der Waals surface area contributed by atoms with Gasteiger partial charge in [0, 0.05) is 11.1 Å². The van der Waals surface area contributed by atoms with Crippen molar-refractivity contribution in [2.45, 2.75) is 32.8 Å². The van der Waals surface area contributed by atoms with Crippen molar-refractivity contribution in [2.75, 3.05) is 13.2 Å². The molecular weight excluding hydrogens is 438 g/mol. The minimum atomic E-state index is -3.00. The van der Waals surface area contributed by atoms with Gasteiger partial charge in [-0.15, -0.1) is 0 Å². The Hall–Kier alpha value is -3.82. The highest BCUT2D eigenvalue weighted by atomic mass is 19.3. The third-order valence-corrected chi connectivity index (χ3v) is 4.37. The fraction of sp³-hybridized carbons (Fsp3) is 0.304. The Balaban J connectivity index is 1.74. The first-order valence-corrected chi connectivity index (χ1v) is 9.89. The molecule has 0 radical (unpaired) electrons. The number of imide groups is 1. The summed E-state index contributed by atoms with van der Waals surface area (Å²) < 4.78 is 33.2. The van der Waals surface area contributed by atoms with Crippen molar-refractivity contribution in [3.63, 3.8) is 0 Å². The number of alkyl halides is 2. The Morgan fingerprint density at radius 2 is 1.42 bits per heavy atom. The highest BCUT2D eigenvalue weighted by Crippen LogP contribution is 2.22. The van der Waals surface area contributed by atoms with Crippen LogP contribution in [0.4, 0.5) is 8.78 Å². The van der Waals surface area contributed by atoms with E-state index in [1.165, 1.54) is 12.1 Å². The van der Waals surface area contributed by atoms with Gasteiger partial charge in [-0.3, -0.25) is 24.5 Å². The molecule has 2 aromatic carbocycles. The maximum Gasteiger partial charge on any atom is 0.387 e. The lowest BCUT2D eigenvalue weighted by molar-refractivity contribution is -0.147. The molecule has 0 saturated heterocycles. The van der Waals surface area contributed by atoms with Gasteiger partial charge in [-0.2, -0.15) is 8.78 Å². The molecule has 2 N–H and O–H groups in total. The molecule has 0 heterocycles. The molecule has 0 aliphatic rings. The first-order chi connectivity index (χ1) is 15.5. The molecule has 0 aliphatic carbocycles. The molecule has 3 amide bonds. The Morgan fingerprint density at radius 3 is 1.97 bits per heavy atom. The van der Waals surface area contributed by atoms with Crippen molar-refractivity contribution in [2.24, 2.45) is 0 Å². The molecule has 33 heavy (non-hydrogen) atoms. The lowest BCUT2D eigenvalue weighted by atomic mass is 9.87. The standard InChI is InChI=1S/C23H24F2N2O6/c1-23(2,3)16-8-4-14(5-9-16)20(30)26-12-19(29)32-13-18(28)27-21(31)15-6-10-17(11-7-15)33-22(24)25/h4-11,22H,12-13H2,1-3H3,(H,26,30)(H,27,28,31). The third-order valence-electron chi connectivity index (χ3n) is 4.37. The smallest absolute Gasteiger partial charge is 0.387 e. The van der Waals surface area contributed by atoms with Gasteiger partial charge < -0.3 is 14.8 Å². The average Bonchev–Trinajstić information content (AvgIpc) is 2.75. The number of benzene rings is 2. The maximum atomic E-state index is 12.1. The van der Waals surface area contributed by atoms with Crippen LogP contribution < -0.4 is 15.4 Å². The molecule has 176 valence electrons. The van der Waals surface area contributed by atoms with Crippen LogP contribution in [0.5, 0.6) is 5.75 Å². The SMILES string of the molecule is CC(C)(C)c1ccc(C(=O)NCC(=O)OCC(=O)NC(=O)c2ccc(OC(F)F)cc2)cc1. The van der Waals surface area contributed by atoms with E-state index in [2.05, 4.69) is 10.1 Å². The van der Waals surface area contributed by atoms with Gasteiger partial charge in [-0.1, -0.05) is 32.9 Å². The zero-order valence-electron chi connectivity index (χ0n) is 18.3. The minimum Gasteiger partial charge on any atom is -0.454 e. The summed E-state index contributed by atoms with van der Waals surface area (Å²) in [6.07, 6.45) is 0. The van der Waals surface area contributed by atoms with Crippen LogP contribution in [0.25, 0.3) is 0 Å². The van der Waals surface area contributed by atoms with E-state index in [9.17, 15) is 28.0 Å². The van der Waals surface area contributed by atoms with Crippen LogP contribution in [-0.4, -0.2) is 43.5 Å². The minimum absolute atomic E-state index is 0.0148. The molecule has 2 aromatic rings. The summed E-state index contributed by atoms with van der Waals surface area (Å²) in [6, 6.07) is 11.6. The first kappa shape index (κ1) is 25.4. The summed E-state index contributed by atoms with van der Waals surface area (Å²) in [5.74, 6) is -3.21. The third kappa shape index (κ3) is 8.32. The number of amides is 3. The number of esters is 1. The summed E-state index contributed by atoms with van der Waals surface area (Å²) in [7, 11) is 0. The van der Waals surface area contributed by atoms with Crippen LogP contribution in [0.2, 0.25) is 0 Å². The lowest BCUT2D eigenvalue weighted by Crippen LogP contribution is -2.36. The Labute approximate surface area is 189 Å². The Morgan fingerprint density at radius 1 is 0.879 bits per heavy atom. The summed E-state index contributed by atoms with van der Waals surface area (Å²) in [5.41, 5.74) is 1.37. The second-order valence-corrected chi connectivity index (χ2v) is 7.95. The van der Waals surface area contributed by atoms with E-state index in [-0.39, 0.29) is 16.7 Å². The van der Waals surface area contributed by atoms with Crippen molar-refractivity contribution in [3.05, 3.63) is 65.2 Å². The molecule has 0 spiro atoms. The van der Waals surface area contributed by atoms with Crippen molar-refractivity contribution in [3.8, 4) is 5.75 Å². The van der Waals surface area contributed by atoms with E-state index in [1.54, 1.807) is 12.1 Å². The van der Waals surface area contributed by atoms with Crippen molar-refractivity contribution >= 4 is 23.7 Å². The number of carbonyl (C=O) groups is 4. The number of hydrogen-bond acceptors (Lipinski definition) is 6. The van der Waals surface area contributed by atoms with E-state index in [0.717, 1.165) is 17.7 Å². The molecule has 0 bridgehead atoms. The van der Waals surface area contributed by atoms with E-state index in [1.807, 2.05) is 38.2 Å². The summed E-state index contributed by atoms with van der Waals surface area (Å²) >= 11 is 0. The molecule has 0 aliphatic heterocycles. The predicted molar refractivity (Wildman–Crippen MR) is 114 cm³/mol. The molecule has 2 rings (SSSR count). The van der Waals surface area contributed by atoms with Gasteiger partial charge in [0.15, 0.2) is 6.61 Å². The topological polar surface area (TPSA) is 111 Å². The molecule has 8 nitrogen and oxygen atoms in total. The largest absolute Gasteiger partial charge is 0.454 e. The van der Waals surface area contributed by atoms with Crippen LogP contribution in [0.3, 0.4) is 0 Å². The lowest BCUT2D eigenvalue weighted by Gasteiger charge is -2.19. The number of hydrogen-bond donors (Lipinski definition) is 2. The van der Waals surface area contributed by atoms with Crippen molar-refractivity contribution < 1.29 is 37.4 Å². The fourth-order valence-corrected chi connectivity index (χ4v) is 2.60. The molecule has 10 heteroatoms. The number of halogens is 2. The van der Waals surface area contributed by atoms with E-state index in [4.69, 9.17) is 4.74 Å². The zero-order chi connectivity index (χ0) is 24.6. The highest BCUT2D eigenvalue weighted by Gasteiger charge is 2.16. The Bertz CT molecular complexity index is 999. The van der Waals surface area contributed by atoms with Crippen molar-refractivity contribution in [1.82, 2.24) is 10.6 Å². The molecule has 0 fully saturated rings. The number of nitrogens with one attached hydrogen (secondary N) is 2. The Kier molecular flexibility index (Phi) is 8.61. The second kappa shape index (κ2) is 11.2. The fourth-order valence-electron chi connectivity index (χ4n) is 2.60. The van der Waals surface area contributed by atoms with E-state index >= 15 is 0 Å². The summed E-state index contributed by atoms with van der Waals surface area (Å²) in [5, 5.41) is 4.38. The van der Waals surface area contributed by atoms with Crippen LogP contribution in [-0.2, 0) is 19.7 Å².